The summed E-state index contributed by atoms with van der Waals surface area (Å²) in [6.45, 7) is 2.60. The summed E-state index contributed by atoms with van der Waals surface area (Å²) in [5.74, 6) is 1.25. The molecule has 21 heavy (non-hydrogen) atoms. The lowest BCUT2D eigenvalue weighted by molar-refractivity contribution is 0.291. The number of hydrogen-bond acceptors (Lipinski definition) is 4. The van der Waals surface area contributed by atoms with Crippen LogP contribution in [-0.4, -0.2) is 21.6 Å². The summed E-state index contributed by atoms with van der Waals surface area (Å²) >= 11 is 5.98. The lowest BCUT2D eigenvalue weighted by Crippen LogP contribution is -2.08. The molecule has 1 heterocycles. The Balaban J connectivity index is 1.90. The molecule has 110 valence electrons. The number of nitrogens with zero attached hydrogens (tertiary/aromatic N) is 3. The van der Waals surface area contributed by atoms with Crippen molar-refractivity contribution < 1.29 is 4.74 Å². The number of rotatable bonds is 5. The SMILES string of the molecule is CCCOc1nc(Cl)nc(-c2cccc(C3CCC3)c2)n1. The van der Waals surface area contributed by atoms with Crippen molar-refractivity contribution in [2.75, 3.05) is 6.61 Å². The molecule has 4 nitrogen and oxygen atoms in total. The van der Waals surface area contributed by atoms with Crippen molar-refractivity contribution >= 4 is 11.6 Å². The van der Waals surface area contributed by atoms with E-state index in [9.17, 15) is 0 Å². The summed E-state index contributed by atoms with van der Waals surface area (Å²) in [7, 11) is 0. The minimum absolute atomic E-state index is 0.167. The zero-order chi connectivity index (χ0) is 14.7. The van der Waals surface area contributed by atoms with Gasteiger partial charge in [0.05, 0.1) is 6.61 Å². The van der Waals surface area contributed by atoms with Gasteiger partial charge < -0.3 is 4.74 Å². The molecule has 0 amide bonds. The maximum Gasteiger partial charge on any atom is 0.321 e. The molecule has 0 bridgehead atoms. The molecule has 0 unspecified atom stereocenters. The van der Waals surface area contributed by atoms with E-state index in [4.69, 9.17) is 16.3 Å². The molecular weight excluding hydrogens is 286 g/mol. The van der Waals surface area contributed by atoms with Crippen LogP contribution in [0, 0.1) is 0 Å². The predicted molar refractivity (Wildman–Crippen MR) is 82.7 cm³/mol. The molecule has 3 rings (SSSR count). The smallest absolute Gasteiger partial charge is 0.321 e. The Hall–Kier alpha value is -1.68. The van der Waals surface area contributed by atoms with Gasteiger partial charge in [0.1, 0.15) is 0 Å². The Morgan fingerprint density at radius 1 is 1.24 bits per heavy atom. The van der Waals surface area contributed by atoms with Crippen LogP contribution in [-0.2, 0) is 0 Å². The molecule has 2 aromatic rings. The van der Waals surface area contributed by atoms with Gasteiger partial charge in [0.15, 0.2) is 5.82 Å². The highest BCUT2D eigenvalue weighted by Crippen LogP contribution is 2.37. The van der Waals surface area contributed by atoms with E-state index in [-0.39, 0.29) is 5.28 Å². The van der Waals surface area contributed by atoms with Crippen LogP contribution in [0.25, 0.3) is 11.4 Å². The third-order valence-corrected chi connectivity index (χ3v) is 3.91. The lowest BCUT2D eigenvalue weighted by Gasteiger charge is -2.26. The van der Waals surface area contributed by atoms with Gasteiger partial charge in [-0.3, -0.25) is 0 Å². The summed E-state index contributed by atoms with van der Waals surface area (Å²) in [5, 5.41) is 0.167. The van der Waals surface area contributed by atoms with Crippen LogP contribution in [0.1, 0.15) is 44.1 Å². The Labute approximate surface area is 129 Å². The first-order valence-electron chi connectivity index (χ1n) is 7.41. The van der Waals surface area contributed by atoms with Crippen molar-refractivity contribution in [3.8, 4) is 17.4 Å². The second-order valence-electron chi connectivity index (χ2n) is 5.31. The van der Waals surface area contributed by atoms with E-state index in [1.165, 1.54) is 24.8 Å². The topological polar surface area (TPSA) is 47.9 Å². The summed E-state index contributed by atoms with van der Waals surface area (Å²) in [4.78, 5) is 12.6. The predicted octanol–water partition coefficient (Wildman–Crippen LogP) is 4.25. The summed E-state index contributed by atoms with van der Waals surface area (Å²) < 4.78 is 5.46. The monoisotopic (exact) mass is 303 g/mol. The number of benzene rings is 1. The highest BCUT2D eigenvalue weighted by atomic mass is 35.5. The average Bonchev–Trinajstić information content (AvgIpc) is 2.43. The zero-order valence-corrected chi connectivity index (χ0v) is 12.8. The van der Waals surface area contributed by atoms with Crippen molar-refractivity contribution in [2.24, 2.45) is 0 Å². The van der Waals surface area contributed by atoms with Crippen molar-refractivity contribution in [3.63, 3.8) is 0 Å². The highest BCUT2D eigenvalue weighted by molar-refractivity contribution is 6.28. The fraction of sp³-hybridized carbons (Fsp3) is 0.438. The first-order valence-corrected chi connectivity index (χ1v) is 7.79. The van der Waals surface area contributed by atoms with Crippen LogP contribution in [0.3, 0.4) is 0 Å². The summed E-state index contributed by atoms with van der Waals surface area (Å²) in [6, 6.07) is 8.66. The maximum absolute atomic E-state index is 5.98. The number of aromatic nitrogens is 3. The van der Waals surface area contributed by atoms with Crippen LogP contribution in [0.2, 0.25) is 5.28 Å². The molecule has 0 radical (unpaired) electrons. The molecule has 0 aliphatic heterocycles. The van der Waals surface area contributed by atoms with Gasteiger partial charge in [0, 0.05) is 5.56 Å². The number of halogens is 1. The van der Waals surface area contributed by atoms with E-state index in [0.717, 1.165) is 12.0 Å². The lowest BCUT2D eigenvalue weighted by atomic mass is 9.80. The minimum Gasteiger partial charge on any atom is -0.463 e. The average molecular weight is 304 g/mol. The van der Waals surface area contributed by atoms with Crippen LogP contribution >= 0.6 is 11.6 Å². The zero-order valence-electron chi connectivity index (χ0n) is 12.1. The first kappa shape index (κ1) is 14.3. The Morgan fingerprint density at radius 2 is 2.10 bits per heavy atom. The van der Waals surface area contributed by atoms with E-state index >= 15 is 0 Å². The molecule has 1 aliphatic rings. The van der Waals surface area contributed by atoms with Crippen molar-refractivity contribution in [2.45, 2.75) is 38.5 Å². The van der Waals surface area contributed by atoms with Crippen LogP contribution in [0.5, 0.6) is 6.01 Å². The van der Waals surface area contributed by atoms with E-state index in [0.29, 0.717) is 24.4 Å². The fourth-order valence-corrected chi connectivity index (χ4v) is 2.54. The number of ether oxygens (including phenoxy) is 1. The number of hydrogen-bond donors (Lipinski definition) is 0. The standard InChI is InChI=1S/C16H18ClN3O/c1-2-9-21-16-19-14(18-15(17)20-16)13-8-4-7-12(10-13)11-5-3-6-11/h4,7-8,10-11H,2-3,5-6,9H2,1H3. The van der Waals surface area contributed by atoms with Gasteiger partial charge in [-0.1, -0.05) is 31.5 Å². The first-order chi connectivity index (χ1) is 10.3. The van der Waals surface area contributed by atoms with Gasteiger partial charge in [-0.2, -0.15) is 15.0 Å². The summed E-state index contributed by atoms with van der Waals surface area (Å²) in [6.07, 6.45) is 4.76. The van der Waals surface area contributed by atoms with Gasteiger partial charge in [-0.05, 0) is 48.4 Å². The molecule has 0 saturated heterocycles. The molecule has 1 fully saturated rings. The van der Waals surface area contributed by atoms with E-state index in [1.807, 2.05) is 19.1 Å². The third-order valence-electron chi connectivity index (χ3n) is 3.74. The van der Waals surface area contributed by atoms with Gasteiger partial charge >= 0.3 is 6.01 Å². The molecule has 1 aromatic heterocycles. The van der Waals surface area contributed by atoms with Crippen molar-refractivity contribution in [1.29, 1.82) is 0 Å². The van der Waals surface area contributed by atoms with Crippen molar-refractivity contribution in [3.05, 3.63) is 35.1 Å². The normalized spacial score (nSPS) is 14.8. The second-order valence-corrected chi connectivity index (χ2v) is 5.65. The quantitative estimate of drug-likeness (QED) is 0.828. The Bertz CT molecular complexity index is 629. The molecule has 0 N–H and O–H groups in total. The van der Waals surface area contributed by atoms with E-state index < -0.39 is 0 Å². The maximum atomic E-state index is 5.98. The van der Waals surface area contributed by atoms with Crippen molar-refractivity contribution in [1.82, 2.24) is 15.0 Å². The highest BCUT2D eigenvalue weighted by Gasteiger charge is 2.20. The second kappa shape index (κ2) is 6.39. The van der Waals surface area contributed by atoms with Gasteiger partial charge in [0.2, 0.25) is 5.28 Å². The van der Waals surface area contributed by atoms with Gasteiger partial charge in [-0.15, -0.1) is 0 Å². The molecule has 1 aliphatic carbocycles. The third kappa shape index (κ3) is 3.32. The molecule has 5 heteroatoms. The molecule has 1 saturated carbocycles. The van der Waals surface area contributed by atoms with Crippen LogP contribution in [0.15, 0.2) is 24.3 Å². The fourth-order valence-electron chi connectivity index (χ4n) is 2.39. The molecule has 1 aromatic carbocycles. The van der Waals surface area contributed by atoms with Gasteiger partial charge in [0.25, 0.3) is 0 Å². The minimum atomic E-state index is 0.167. The molecular formula is C16H18ClN3O. The largest absolute Gasteiger partial charge is 0.463 e. The molecule has 0 atom stereocenters. The van der Waals surface area contributed by atoms with Crippen LogP contribution < -0.4 is 4.74 Å². The van der Waals surface area contributed by atoms with Gasteiger partial charge in [-0.25, -0.2) is 0 Å². The Kier molecular flexibility index (Phi) is 4.34. The van der Waals surface area contributed by atoms with E-state index in [1.54, 1.807) is 0 Å². The Morgan fingerprint density at radius 3 is 2.81 bits per heavy atom. The summed E-state index contributed by atoms with van der Waals surface area (Å²) in [5.41, 5.74) is 2.32. The van der Waals surface area contributed by atoms with E-state index in [2.05, 4.69) is 27.1 Å². The molecule has 0 spiro atoms. The van der Waals surface area contributed by atoms with Crippen LogP contribution in [0.4, 0.5) is 0 Å².